The van der Waals surface area contributed by atoms with Crippen LogP contribution in [0.25, 0.3) is 0 Å². The molecule has 0 saturated heterocycles. The quantitative estimate of drug-likeness (QED) is 0.464. The Hall–Kier alpha value is -0.790. The third-order valence-electron chi connectivity index (χ3n) is 2.21. The van der Waals surface area contributed by atoms with Crippen LogP contribution in [0.4, 0.5) is 0 Å². The van der Waals surface area contributed by atoms with Gasteiger partial charge in [-0.3, -0.25) is 9.67 Å². The Labute approximate surface area is 121 Å². The zero-order valence-corrected chi connectivity index (χ0v) is 13.5. The number of nitrogens with zero attached hydrogens (tertiary/aromatic N) is 5. The summed E-state index contributed by atoms with van der Waals surface area (Å²) < 4.78 is 1.82. The molecular formula is C11H22IN5. The Balaban J connectivity index is 0.00000256. The molecule has 0 atom stereocenters. The standard InChI is InChI=1S/C11H21N5.HI/c1-14(2)11(15(3)4)12-7-6-10-8-13-16(5)9-10;/h8-9H,6-7H2,1-5H3;1H. The normalized spacial score (nSPS) is 9.47. The van der Waals surface area contributed by atoms with Gasteiger partial charge in [0, 0.05) is 48.0 Å². The molecule has 0 saturated carbocycles. The summed E-state index contributed by atoms with van der Waals surface area (Å²) in [6.07, 6.45) is 4.85. The van der Waals surface area contributed by atoms with Gasteiger partial charge < -0.3 is 9.80 Å². The fourth-order valence-electron chi connectivity index (χ4n) is 1.57. The number of halogens is 1. The van der Waals surface area contributed by atoms with Gasteiger partial charge in [0.1, 0.15) is 0 Å². The van der Waals surface area contributed by atoms with Crippen LogP contribution in [0.5, 0.6) is 0 Å². The van der Waals surface area contributed by atoms with Gasteiger partial charge >= 0.3 is 0 Å². The predicted molar refractivity (Wildman–Crippen MR) is 82.0 cm³/mol. The van der Waals surface area contributed by atoms with Crippen LogP contribution in [-0.2, 0) is 13.5 Å². The van der Waals surface area contributed by atoms with E-state index in [2.05, 4.69) is 10.1 Å². The average Bonchev–Trinajstić information content (AvgIpc) is 2.57. The summed E-state index contributed by atoms with van der Waals surface area (Å²) in [6.45, 7) is 0.789. The van der Waals surface area contributed by atoms with E-state index in [0.717, 1.165) is 18.9 Å². The molecule has 0 aromatic carbocycles. The first-order valence-electron chi connectivity index (χ1n) is 5.37. The number of guanidine groups is 1. The van der Waals surface area contributed by atoms with Crippen molar-refractivity contribution >= 4 is 29.9 Å². The van der Waals surface area contributed by atoms with Crippen LogP contribution in [0.15, 0.2) is 17.4 Å². The van der Waals surface area contributed by atoms with Crippen molar-refractivity contribution in [3.05, 3.63) is 18.0 Å². The monoisotopic (exact) mass is 351 g/mol. The van der Waals surface area contributed by atoms with Crippen LogP contribution in [0, 0.1) is 0 Å². The highest BCUT2D eigenvalue weighted by Crippen LogP contribution is 1.98. The average molecular weight is 351 g/mol. The Morgan fingerprint density at radius 2 is 1.88 bits per heavy atom. The van der Waals surface area contributed by atoms with Crippen molar-refractivity contribution in [2.75, 3.05) is 34.7 Å². The second-order valence-electron chi connectivity index (χ2n) is 4.24. The summed E-state index contributed by atoms with van der Waals surface area (Å²) in [4.78, 5) is 8.59. The molecule has 0 aliphatic heterocycles. The van der Waals surface area contributed by atoms with E-state index in [4.69, 9.17) is 0 Å². The largest absolute Gasteiger partial charge is 0.349 e. The molecule has 98 valence electrons. The maximum atomic E-state index is 4.56. The number of hydrogen-bond acceptors (Lipinski definition) is 2. The highest BCUT2D eigenvalue weighted by molar-refractivity contribution is 14.0. The van der Waals surface area contributed by atoms with E-state index in [0.29, 0.717) is 0 Å². The number of aryl methyl sites for hydroxylation is 1. The Kier molecular flexibility index (Phi) is 7.17. The van der Waals surface area contributed by atoms with Crippen molar-refractivity contribution in [3.8, 4) is 0 Å². The van der Waals surface area contributed by atoms with Gasteiger partial charge in [0.05, 0.1) is 6.20 Å². The zero-order valence-electron chi connectivity index (χ0n) is 11.2. The van der Waals surface area contributed by atoms with Crippen molar-refractivity contribution in [2.24, 2.45) is 12.0 Å². The Morgan fingerprint density at radius 1 is 1.29 bits per heavy atom. The zero-order chi connectivity index (χ0) is 12.1. The van der Waals surface area contributed by atoms with E-state index >= 15 is 0 Å². The summed E-state index contributed by atoms with van der Waals surface area (Å²) in [5.41, 5.74) is 1.23. The molecule has 1 aromatic heterocycles. The minimum Gasteiger partial charge on any atom is -0.349 e. The molecule has 5 nitrogen and oxygen atoms in total. The van der Waals surface area contributed by atoms with Gasteiger partial charge in [0.25, 0.3) is 0 Å². The first-order chi connectivity index (χ1) is 7.50. The molecule has 0 unspecified atom stereocenters. The number of aliphatic imine (C=N–C) groups is 1. The third-order valence-corrected chi connectivity index (χ3v) is 2.21. The van der Waals surface area contributed by atoms with Gasteiger partial charge in [-0.1, -0.05) is 0 Å². The second kappa shape index (κ2) is 7.52. The smallest absolute Gasteiger partial charge is 0.195 e. The molecule has 0 fully saturated rings. The topological polar surface area (TPSA) is 36.7 Å². The molecule has 0 amide bonds. The van der Waals surface area contributed by atoms with E-state index in [1.165, 1.54) is 5.56 Å². The fourth-order valence-corrected chi connectivity index (χ4v) is 1.57. The van der Waals surface area contributed by atoms with Crippen LogP contribution >= 0.6 is 24.0 Å². The SMILES string of the molecule is CN(C)C(=NCCc1cnn(C)c1)N(C)C.I. The summed E-state index contributed by atoms with van der Waals surface area (Å²) in [5, 5.41) is 4.13. The maximum Gasteiger partial charge on any atom is 0.195 e. The van der Waals surface area contributed by atoms with Gasteiger partial charge in [0.2, 0.25) is 0 Å². The van der Waals surface area contributed by atoms with Crippen molar-refractivity contribution in [1.82, 2.24) is 19.6 Å². The molecule has 0 spiro atoms. The molecule has 0 radical (unpaired) electrons. The molecule has 6 heteroatoms. The Morgan fingerprint density at radius 3 is 2.29 bits per heavy atom. The van der Waals surface area contributed by atoms with Gasteiger partial charge in [-0.25, -0.2) is 0 Å². The molecule has 0 N–H and O–H groups in total. The molecule has 1 aromatic rings. The van der Waals surface area contributed by atoms with Crippen molar-refractivity contribution in [1.29, 1.82) is 0 Å². The van der Waals surface area contributed by atoms with E-state index in [9.17, 15) is 0 Å². The second-order valence-corrected chi connectivity index (χ2v) is 4.24. The minimum absolute atomic E-state index is 0. The van der Waals surface area contributed by atoms with E-state index in [1.54, 1.807) is 0 Å². The molecule has 0 aliphatic rings. The molecule has 0 bridgehead atoms. The minimum atomic E-state index is 0. The molecular weight excluding hydrogens is 329 g/mol. The number of rotatable bonds is 3. The predicted octanol–water partition coefficient (Wildman–Crippen LogP) is 1.06. The summed E-state index contributed by atoms with van der Waals surface area (Å²) >= 11 is 0. The number of hydrogen-bond donors (Lipinski definition) is 0. The highest BCUT2D eigenvalue weighted by atomic mass is 127. The summed E-state index contributed by atoms with van der Waals surface area (Å²) in [6, 6.07) is 0. The first kappa shape index (κ1) is 16.2. The lowest BCUT2D eigenvalue weighted by atomic mass is 10.3. The van der Waals surface area contributed by atoms with Crippen molar-refractivity contribution in [2.45, 2.75) is 6.42 Å². The molecule has 1 heterocycles. The van der Waals surface area contributed by atoms with Crippen molar-refractivity contribution < 1.29 is 0 Å². The fraction of sp³-hybridized carbons (Fsp3) is 0.636. The third kappa shape index (κ3) is 5.38. The van der Waals surface area contributed by atoms with Crippen LogP contribution in [0.2, 0.25) is 0 Å². The van der Waals surface area contributed by atoms with Gasteiger partial charge in [-0.05, 0) is 12.0 Å². The van der Waals surface area contributed by atoms with E-state index in [-0.39, 0.29) is 24.0 Å². The molecule has 0 aliphatic carbocycles. The molecule has 17 heavy (non-hydrogen) atoms. The Bertz CT molecular complexity index is 346. The van der Waals surface area contributed by atoms with Crippen LogP contribution in [0.3, 0.4) is 0 Å². The summed E-state index contributed by atoms with van der Waals surface area (Å²) in [5.74, 6) is 0.990. The molecule has 1 rings (SSSR count). The lowest BCUT2D eigenvalue weighted by Crippen LogP contribution is -2.35. The van der Waals surface area contributed by atoms with E-state index in [1.807, 2.05) is 62.1 Å². The van der Waals surface area contributed by atoms with Gasteiger partial charge in [0.15, 0.2) is 5.96 Å². The van der Waals surface area contributed by atoms with Crippen molar-refractivity contribution in [3.63, 3.8) is 0 Å². The van der Waals surface area contributed by atoms with Crippen LogP contribution in [0.1, 0.15) is 5.56 Å². The highest BCUT2D eigenvalue weighted by Gasteiger charge is 2.03. The number of aromatic nitrogens is 2. The van der Waals surface area contributed by atoms with Crippen LogP contribution < -0.4 is 0 Å². The lowest BCUT2D eigenvalue weighted by Gasteiger charge is -2.22. The first-order valence-corrected chi connectivity index (χ1v) is 5.37. The maximum absolute atomic E-state index is 4.56. The van der Waals surface area contributed by atoms with Gasteiger partial charge in [-0.2, -0.15) is 5.10 Å². The van der Waals surface area contributed by atoms with E-state index < -0.39 is 0 Å². The van der Waals surface area contributed by atoms with Crippen LogP contribution in [-0.4, -0.2) is 60.3 Å². The lowest BCUT2D eigenvalue weighted by molar-refractivity contribution is 0.479. The summed E-state index contributed by atoms with van der Waals surface area (Å²) in [7, 11) is 9.94. The van der Waals surface area contributed by atoms with Gasteiger partial charge in [-0.15, -0.1) is 24.0 Å².